The average molecular weight is 137 g/mol. The average Bonchev–Trinajstić information content (AvgIpc) is 1.99. The van der Waals surface area contributed by atoms with Gasteiger partial charge in [-0.15, -0.1) is 6.58 Å². The molecule has 0 amide bonds. The maximum atomic E-state index is 3.71. The highest BCUT2D eigenvalue weighted by Crippen LogP contribution is 2.10. The van der Waals surface area contributed by atoms with Gasteiger partial charge in [0.1, 0.15) is 0 Å². The smallest absolute Gasteiger partial charge is 0.0230 e. The lowest BCUT2D eigenvalue weighted by molar-refractivity contribution is 0.810. The van der Waals surface area contributed by atoms with Crippen LogP contribution in [0.4, 0.5) is 0 Å². The number of rotatable bonds is 4. The number of allylic oxidation sites excluding steroid dienone is 3. The molecule has 0 aromatic heterocycles. The van der Waals surface area contributed by atoms with Crippen LogP contribution in [0.15, 0.2) is 24.3 Å². The molecule has 0 bridgehead atoms. The van der Waals surface area contributed by atoms with E-state index in [4.69, 9.17) is 0 Å². The molecule has 10 heavy (non-hydrogen) atoms. The van der Waals surface area contributed by atoms with Gasteiger partial charge in [-0.1, -0.05) is 24.6 Å². The van der Waals surface area contributed by atoms with Gasteiger partial charge in [-0.3, -0.25) is 0 Å². The second-order valence-corrected chi connectivity index (χ2v) is 2.67. The van der Waals surface area contributed by atoms with Crippen molar-refractivity contribution in [3.63, 3.8) is 0 Å². The van der Waals surface area contributed by atoms with E-state index in [1.165, 1.54) is 5.57 Å². The van der Waals surface area contributed by atoms with Gasteiger partial charge < -0.3 is 0 Å². The quantitative estimate of drug-likeness (QED) is 0.521. The zero-order valence-corrected chi connectivity index (χ0v) is 7.22. The van der Waals surface area contributed by atoms with Crippen LogP contribution >= 0.6 is 0 Å². The number of hydrogen-bond donors (Lipinski definition) is 0. The Hall–Kier alpha value is -0.520. The molecule has 1 radical (unpaired) electrons. The van der Waals surface area contributed by atoms with Gasteiger partial charge in [0.25, 0.3) is 0 Å². The van der Waals surface area contributed by atoms with Gasteiger partial charge >= 0.3 is 0 Å². The highest BCUT2D eigenvalue weighted by molar-refractivity contribution is 5.02. The maximum absolute atomic E-state index is 3.71. The molecule has 0 rings (SSSR count). The largest absolute Gasteiger partial charge is 0.103 e. The molecule has 0 heterocycles. The summed E-state index contributed by atoms with van der Waals surface area (Å²) in [4.78, 5) is 0. The fourth-order valence-corrected chi connectivity index (χ4v) is 0.586. The van der Waals surface area contributed by atoms with Gasteiger partial charge in [0.05, 0.1) is 0 Å². The first-order valence-electron chi connectivity index (χ1n) is 3.78. The molecule has 0 aliphatic heterocycles. The predicted molar refractivity (Wildman–Crippen MR) is 47.7 cm³/mol. The van der Waals surface area contributed by atoms with E-state index in [0.717, 1.165) is 6.42 Å². The van der Waals surface area contributed by atoms with Crippen molar-refractivity contribution in [3.05, 3.63) is 30.7 Å². The third-order valence-electron chi connectivity index (χ3n) is 1.68. The van der Waals surface area contributed by atoms with Crippen molar-refractivity contribution >= 4 is 0 Å². The minimum absolute atomic E-state index is 0.537. The van der Waals surface area contributed by atoms with Gasteiger partial charge in [-0.2, -0.15) is 0 Å². The zero-order chi connectivity index (χ0) is 7.98. The summed E-state index contributed by atoms with van der Waals surface area (Å²) in [5.41, 5.74) is 1.42. The lowest BCUT2D eigenvalue weighted by atomic mass is 10.0. The molecule has 0 aliphatic rings. The molecule has 0 aromatic carbocycles. The zero-order valence-electron chi connectivity index (χ0n) is 7.22. The van der Waals surface area contributed by atoms with Crippen molar-refractivity contribution in [1.82, 2.24) is 0 Å². The molecule has 0 saturated carbocycles. The van der Waals surface area contributed by atoms with Crippen molar-refractivity contribution in [1.29, 1.82) is 0 Å². The minimum Gasteiger partial charge on any atom is -0.103 e. The van der Waals surface area contributed by atoms with Gasteiger partial charge in [-0.25, -0.2) is 0 Å². The summed E-state index contributed by atoms with van der Waals surface area (Å²) >= 11 is 0. The highest BCUT2D eigenvalue weighted by Gasteiger charge is 1.95. The first kappa shape index (κ1) is 9.48. The summed E-state index contributed by atoms with van der Waals surface area (Å²) in [6.07, 6.45) is 7.46. The summed E-state index contributed by atoms with van der Waals surface area (Å²) in [5.74, 6) is 0.537. The Kier molecular flexibility index (Phi) is 5.00. The second kappa shape index (κ2) is 5.28. The van der Waals surface area contributed by atoms with E-state index in [9.17, 15) is 0 Å². The molecule has 0 fully saturated rings. The molecule has 0 heteroatoms. The molecular weight excluding hydrogens is 120 g/mol. The van der Waals surface area contributed by atoms with Crippen LogP contribution < -0.4 is 0 Å². The Labute approximate surface area is 64.6 Å². The van der Waals surface area contributed by atoms with Gasteiger partial charge in [0.15, 0.2) is 0 Å². The molecular formula is C10H17. The van der Waals surface area contributed by atoms with Crippen LogP contribution in [0.1, 0.15) is 27.2 Å². The van der Waals surface area contributed by atoms with E-state index >= 15 is 0 Å². The van der Waals surface area contributed by atoms with Crippen LogP contribution in [-0.2, 0) is 0 Å². The van der Waals surface area contributed by atoms with Crippen molar-refractivity contribution in [3.8, 4) is 0 Å². The van der Waals surface area contributed by atoms with Gasteiger partial charge in [0.2, 0.25) is 0 Å². The van der Waals surface area contributed by atoms with E-state index in [0.29, 0.717) is 5.92 Å². The minimum atomic E-state index is 0.537. The van der Waals surface area contributed by atoms with Crippen molar-refractivity contribution < 1.29 is 0 Å². The number of hydrogen-bond acceptors (Lipinski definition) is 0. The van der Waals surface area contributed by atoms with Gasteiger partial charge in [-0.05, 0) is 32.6 Å². The van der Waals surface area contributed by atoms with E-state index in [-0.39, 0.29) is 0 Å². The Bertz CT molecular complexity index is 120. The van der Waals surface area contributed by atoms with Crippen LogP contribution in [0.2, 0.25) is 0 Å². The first-order chi connectivity index (χ1) is 4.70. The molecule has 0 aliphatic carbocycles. The molecule has 57 valence electrons. The Morgan fingerprint density at radius 3 is 2.60 bits per heavy atom. The monoisotopic (exact) mass is 137 g/mol. The Balaban J connectivity index is 3.44. The van der Waals surface area contributed by atoms with E-state index < -0.39 is 0 Å². The van der Waals surface area contributed by atoms with Crippen molar-refractivity contribution in [2.24, 2.45) is 5.92 Å². The second-order valence-electron chi connectivity index (χ2n) is 2.67. The normalized spacial score (nSPS) is 14.9. The van der Waals surface area contributed by atoms with E-state index in [1.807, 2.05) is 6.08 Å². The molecule has 0 N–H and O–H groups in total. The fourth-order valence-electron chi connectivity index (χ4n) is 0.586. The summed E-state index contributed by atoms with van der Waals surface area (Å²) < 4.78 is 0. The molecule has 0 saturated heterocycles. The van der Waals surface area contributed by atoms with Crippen LogP contribution in [0.5, 0.6) is 0 Å². The van der Waals surface area contributed by atoms with E-state index in [1.54, 1.807) is 0 Å². The molecule has 1 atom stereocenters. The topological polar surface area (TPSA) is 0 Å². The SMILES string of the molecule is C=CC(C)[CH]CC(C)=CC. The maximum Gasteiger partial charge on any atom is -0.0230 e. The highest BCUT2D eigenvalue weighted by atomic mass is 14.0. The van der Waals surface area contributed by atoms with Crippen LogP contribution in [-0.4, -0.2) is 0 Å². The first-order valence-corrected chi connectivity index (χ1v) is 3.78. The molecule has 0 spiro atoms. The van der Waals surface area contributed by atoms with Crippen LogP contribution in [0.3, 0.4) is 0 Å². The lowest BCUT2D eigenvalue weighted by Crippen LogP contribution is -1.90. The summed E-state index contributed by atoms with van der Waals surface area (Å²) in [7, 11) is 0. The predicted octanol–water partition coefficient (Wildman–Crippen LogP) is 3.37. The lowest BCUT2D eigenvalue weighted by Gasteiger charge is -2.03. The fraction of sp³-hybridized carbons (Fsp3) is 0.500. The van der Waals surface area contributed by atoms with Crippen molar-refractivity contribution in [2.45, 2.75) is 27.2 Å². The van der Waals surface area contributed by atoms with E-state index in [2.05, 4.69) is 39.8 Å². The third kappa shape index (κ3) is 4.37. The molecule has 0 nitrogen and oxygen atoms in total. The Morgan fingerprint density at radius 2 is 2.20 bits per heavy atom. The summed E-state index contributed by atoms with van der Waals surface area (Å²) in [6, 6.07) is 0. The Morgan fingerprint density at radius 1 is 1.60 bits per heavy atom. The summed E-state index contributed by atoms with van der Waals surface area (Å²) in [6.45, 7) is 10.1. The molecule has 1 unspecified atom stereocenters. The molecule has 0 aromatic rings. The van der Waals surface area contributed by atoms with Gasteiger partial charge in [0, 0.05) is 0 Å². The third-order valence-corrected chi connectivity index (χ3v) is 1.68. The summed E-state index contributed by atoms with van der Waals surface area (Å²) in [5, 5.41) is 0. The standard InChI is InChI=1S/C10H17/c1-5-9(3)7-8-10(4)6-2/h5-7,9H,1,8H2,2-4H3. The van der Waals surface area contributed by atoms with Crippen LogP contribution in [0.25, 0.3) is 0 Å². The van der Waals surface area contributed by atoms with Crippen molar-refractivity contribution in [2.75, 3.05) is 0 Å². The van der Waals surface area contributed by atoms with Crippen LogP contribution in [0, 0.1) is 12.3 Å².